The number of amides is 1. The van der Waals surface area contributed by atoms with Crippen LogP contribution in [0, 0.1) is 0 Å². The Morgan fingerprint density at radius 2 is 2.07 bits per heavy atom. The molecule has 0 atom stereocenters. The molecule has 3 N–H and O–H groups in total. The summed E-state index contributed by atoms with van der Waals surface area (Å²) in [5.74, 6) is 4.89. The van der Waals surface area contributed by atoms with Crippen LogP contribution in [0.15, 0.2) is 30.3 Å². The van der Waals surface area contributed by atoms with Gasteiger partial charge in [0.25, 0.3) is 0 Å². The van der Waals surface area contributed by atoms with E-state index >= 15 is 0 Å². The third-order valence-electron chi connectivity index (χ3n) is 2.27. The fourth-order valence-electron chi connectivity index (χ4n) is 1.42. The van der Waals surface area contributed by atoms with Crippen LogP contribution in [0.3, 0.4) is 0 Å². The Morgan fingerprint density at radius 1 is 1.40 bits per heavy atom. The number of hydrogen-bond donors (Lipinski definition) is 2. The van der Waals surface area contributed by atoms with Crippen molar-refractivity contribution in [3.63, 3.8) is 0 Å². The van der Waals surface area contributed by atoms with E-state index in [1.54, 1.807) is 0 Å². The second-order valence-electron chi connectivity index (χ2n) is 3.23. The summed E-state index contributed by atoms with van der Waals surface area (Å²) in [5, 5.41) is 0. The lowest BCUT2D eigenvalue weighted by molar-refractivity contribution is -0.120. The molecular formula is C11H17N3O. The number of carbonyl (C=O) groups excluding carboxylic acids is 1. The van der Waals surface area contributed by atoms with Crippen LogP contribution in [0.5, 0.6) is 0 Å². The highest BCUT2D eigenvalue weighted by Gasteiger charge is 2.05. The lowest BCUT2D eigenvalue weighted by atomic mass is 10.2. The van der Waals surface area contributed by atoms with Crippen molar-refractivity contribution in [1.82, 2.24) is 5.43 Å². The molecule has 0 aliphatic rings. The molecule has 0 aliphatic carbocycles. The van der Waals surface area contributed by atoms with Gasteiger partial charge in [-0.3, -0.25) is 10.2 Å². The van der Waals surface area contributed by atoms with Gasteiger partial charge in [0.1, 0.15) is 0 Å². The third-order valence-corrected chi connectivity index (χ3v) is 2.27. The van der Waals surface area contributed by atoms with Crippen molar-refractivity contribution in [3.8, 4) is 0 Å². The molecule has 0 radical (unpaired) electrons. The molecule has 0 aliphatic heterocycles. The largest absolute Gasteiger partial charge is 0.371 e. The average Bonchev–Trinajstić information content (AvgIpc) is 2.31. The van der Waals surface area contributed by atoms with E-state index in [-0.39, 0.29) is 5.91 Å². The SMILES string of the molecule is CCN(CCC(=O)NN)c1ccccc1. The van der Waals surface area contributed by atoms with Gasteiger partial charge in [0.15, 0.2) is 0 Å². The van der Waals surface area contributed by atoms with E-state index in [9.17, 15) is 4.79 Å². The zero-order chi connectivity index (χ0) is 11.1. The number of benzene rings is 1. The lowest BCUT2D eigenvalue weighted by Crippen LogP contribution is -2.34. The predicted octanol–water partition coefficient (Wildman–Crippen LogP) is 0.893. The summed E-state index contributed by atoms with van der Waals surface area (Å²) in [6, 6.07) is 10.0. The molecule has 0 saturated heterocycles. The highest BCUT2D eigenvalue weighted by Crippen LogP contribution is 2.12. The molecule has 4 nitrogen and oxygen atoms in total. The number of nitrogens with two attached hydrogens (primary N) is 1. The molecule has 1 amide bonds. The smallest absolute Gasteiger partial charge is 0.235 e. The Morgan fingerprint density at radius 3 is 2.60 bits per heavy atom. The number of anilines is 1. The van der Waals surface area contributed by atoms with E-state index in [4.69, 9.17) is 5.84 Å². The molecule has 0 fully saturated rings. The summed E-state index contributed by atoms with van der Waals surface area (Å²) in [6.45, 7) is 3.62. The van der Waals surface area contributed by atoms with Crippen LogP contribution < -0.4 is 16.2 Å². The fourth-order valence-corrected chi connectivity index (χ4v) is 1.42. The molecule has 0 heterocycles. The first-order valence-corrected chi connectivity index (χ1v) is 5.07. The van der Waals surface area contributed by atoms with Crippen LogP contribution >= 0.6 is 0 Å². The van der Waals surface area contributed by atoms with Gasteiger partial charge < -0.3 is 4.90 Å². The molecule has 0 spiro atoms. The Balaban J connectivity index is 2.53. The number of hydrogen-bond acceptors (Lipinski definition) is 3. The highest BCUT2D eigenvalue weighted by molar-refractivity contribution is 5.75. The number of hydrazine groups is 1. The molecule has 0 bridgehead atoms. The van der Waals surface area contributed by atoms with Crippen molar-refractivity contribution >= 4 is 11.6 Å². The van der Waals surface area contributed by atoms with Gasteiger partial charge in [-0.1, -0.05) is 18.2 Å². The van der Waals surface area contributed by atoms with Crippen molar-refractivity contribution in [3.05, 3.63) is 30.3 Å². The normalized spacial score (nSPS) is 9.73. The van der Waals surface area contributed by atoms with E-state index in [0.717, 1.165) is 12.2 Å². The Bertz CT molecular complexity index is 300. The highest BCUT2D eigenvalue weighted by atomic mass is 16.2. The van der Waals surface area contributed by atoms with Gasteiger partial charge in [0.05, 0.1) is 0 Å². The topological polar surface area (TPSA) is 58.4 Å². The first-order valence-electron chi connectivity index (χ1n) is 5.07. The minimum atomic E-state index is -0.135. The second-order valence-corrected chi connectivity index (χ2v) is 3.23. The molecule has 4 heteroatoms. The van der Waals surface area contributed by atoms with Crippen molar-refractivity contribution in [2.45, 2.75) is 13.3 Å². The summed E-state index contributed by atoms with van der Waals surface area (Å²) >= 11 is 0. The van der Waals surface area contributed by atoms with Crippen molar-refractivity contribution in [1.29, 1.82) is 0 Å². The van der Waals surface area contributed by atoms with Gasteiger partial charge >= 0.3 is 0 Å². The zero-order valence-electron chi connectivity index (χ0n) is 8.94. The second kappa shape index (κ2) is 6.03. The monoisotopic (exact) mass is 207 g/mol. The molecule has 1 aromatic carbocycles. The molecule has 1 aromatic rings. The van der Waals surface area contributed by atoms with Gasteiger partial charge in [-0.05, 0) is 19.1 Å². The number of nitrogens with zero attached hydrogens (tertiary/aromatic N) is 1. The van der Waals surface area contributed by atoms with Crippen LogP contribution in [0.25, 0.3) is 0 Å². The maximum absolute atomic E-state index is 11.0. The molecule has 0 aromatic heterocycles. The van der Waals surface area contributed by atoms with Gasteiger partial charge in [-0.2, -0.15) is 0 Å². The van der Waals surface area contributed by atoms with Gasteiger partial charge in [0, 0.05) is 25.2 Å². The number of nitrogens with one attached hydrogen (secondary N) is 1. The zero-order valence-corrected chi connectivity index (χ0v) is 8.94. The molecule has 1 rings (SSSR count). The molecule has 15 heavy (non-hydrogen) atoms. The number of para-hydroxylation sites is 1. The molecule has 0 unspecified atom stereocenters. The van der Waals surface area contributed by atoms with Crippen LogP contribution in [0.4, 0.5) is 5.69 Å². The Hall–Kier alpha value is -1.55. The molecule has 0 saturated carbocycles. The Labute approximate surface area is 90.0 Å². The average molecular weight is 207 g/mol. The van der Waals surface area contributed by atoms with Gasteiger partial charge in [-0.15, -0.1) is 0 Å². The Kier molecular flexibility index (Phi) is 4.63. The van der Waals surface area contributed by atoms with E-state index in [1.807, 2.05) is 30.3 Å². The van der Waals surface area contributed by atoms with E-state index in [0.29, 0.717) is 13.0 Å². The van der Waals surface area contributed by atoms with E-state index in [2.05, 4.69) is 17.2 Å². The summed E-state index contributed by atoms with van der Waals surface area (Å²) in [5.41, 5.74) is 3.26. The van der Waals surface area contributed by atoms with Crippen LogP contribution in [0.1, 0.15) is 13.3 Å². The van der Waals surface area contributed by atoms with E-state index < -0.39 is 0 Å². The van der Waals surface area contributed by atoms with Crippen LogP contribution in [-0.2, 0) is 4.79 Å². The number of rotatable bonds is 5. The minimum Gasteiger partial charge on any atom is -0.371 e. The standard InChI is InChI=1S/C11H17N3O/c1-2-14(9-8-11(15)13-12)10-6-4-3-5-7-10/h3-7H,2,8-9,12H2,1H3,(H,13,15). The minimum absolute atomic E-state index is 0.135. The fraction of sp³-hybridized carbons (Fsp3) is 0.364. The summed E-state index contributed by atoms with van der Waals surface area (Å²) < 4.78 is 0. The predicted molar refractivity (Wildman–Crippen MR) is 61.3 cm³/mol. The lowest BCUT2D eigenvalue weighted by Gasteiger charge is -2.22. The first kappa shape index (κ1) is 11.5. The van der Waals surface area contributed by atoms with Gasteiger partial charge in [0.2, 0.25) is 5.91 Å². The number of carbonyl (C=O) groups is 1. The molecule has 82 valence electrons. The quantitative estimate of drug-likeness (QED) is 0.428. The first-order chi connectivity index (χ1) is 7.27. The maximum Gasteiger partial charge on any atom is 0.235 e. The van der Waals surface area contributed by atoms with Crippen molar-refractivity contribution < 1.29 is 4.79 Å². The van der Waals surface area contributed by atoms with Crippen LogP contribution in [0.2, 0.25) is 0 Å². The van der Waals surface area contributed by atoms with Crippen LogP contribution in [-0.4, -0.2) is 19.0 Å². The van der Waals surface area contributed by atoms with Crippen molar-refractivity contribution in [2.24, 2.45) is 5.84 Å². The summed E-state index contributed by atoms with van der Waals surface area (Å²) in [4.78, 5) is 13.1. The van der Waals surface area contributed by atoms with Gasteiger partial charge in [-0.25, -0.2) is 5.84 Å². The summed E-state index contributed by atoms with van der Waals surface area (Å²) in [6.07, 6.45) is 0.416. The maximum atomic E-state index is 11.0. The summed E-state index contributed by atoms with van der Waals surface area (Å²) in [7, 11) is 0. The third kappa shape index (κ3) is 3.59. The van der Waals surface area contributed by atoms with Crippen molar-refractivity contribution in [2.75, 3.05) is 18.0 Å². The molecular weight excluding hydrogens is 190 g/mol. The van der Waals surface area contributed by atoms with E-state index in [1.165, 1.54) is 0 Å².